The highest BCUT2D eigenvalue weighted by molar-refractivity contribution is 5.85. The fraction of sp³-hybridized carbons (Fsp3) is 0.300. The van der Waals surface area contributed by atoms with Gasteiger partial charge in [0.05, 0.1) is 11.1 Å². The molecule has 154 valence electrons. The third-order valence-corrected chi connectivity index (χ3v) is 4.91. The summed E-state index contributed by atoms with van der Waals surface area (Å²) in [5.74, 6) is -1.29. The summed E-state index contributed by atoms with van der Waals surface area (Å²) in [6, 6.07) is 8.54. The molecule has 0 unspecified atom stereocenters. The topological polar surface area (TPSA) is 47.0 Å². The Labute approximate surface area is 170 Å². The lowest BCUT2D eigenvalue weighted by Gasteiger charge is -2.37. The van der Waals surface area contributed by atoms with E-state index in [-0.39, 0.29) is 30.3 Å². The van der Waals surface area contributed by atoms with Crippen LogP contribution in [-0.4, -0.2) is 22.1 Å². The Morgan fingerprint density at radius 3 is 2.69 bits per heavy atom. The fourth-order valence-electron chi connectivity index (χ4n) is 3.27. The number of nitrogens with zero attached hydrogens (tertiary/aromatic N) is 2. The van der Waals surface area contributed by atoms with Crippen molar-refractivity contribution in [3.63, 3.8) is 0 Å². The van der Waals surface area contributed by atoms with Gasteiger partial charge in [-0.25, -0.2) is 14.4 Å². The van der Waals surface area contributed by atoms with Gasteiger partial charge in [0.2, 0.25) is 0 Å². The predicted molar refractivity (Wildman–Crippen MR) is 102 cm³/mol. The lowest BCUT2D eigenvalue weighted by molar-refractivity contribution is -0.140. The Bertz CT molecular complexity index is 994. The molecule has 0 radical (unpaired) electrons. The van der Waals surface area contributed by atoms with E-state index in [1.54, 1.807) is 6.20 Å². The Morgan fingerprint density at radius 2 is 1.97 bits per heavy atom. The lowest BCUT2D eigenvalue weighted by Crippen LogP contribution is -2.50. The largest absolute Gasteiger partial charge is 0.489 e. The van der Waals surface area contributed by atoms with Gasteiger partial charge in [0.25, 0.3) is 0 Å². The number of para-hydroxylation sites is 1. The van der Waals surface area contributed by atoms with Crippen molar-refractivity contribution in [1.29, 1.82) is 0 Å². The van der Waals surface area contributed by atoms with Gasteiger partial charge in [-0.15, -0.1) is 12.4 Å². The molecule has 29 heavy (non-hydrogen) atoms. The molecule has 1 heterocycles. The molecule has 0 amide bonds. The first-order chi connectivity index (χ1) is 13.4. The maximum Gasteiger partial charge on any atom is 0.419 e. The minimum absolute atomic E-state index is 0. The number of hydrogen-bond acceptors (Lipinski definition) is 4. The smallest absolute Gasteiger partial charge is 0.419 e. The zero-order valence-corrected chi connectivity index (χ0v) is 15.9. The number of alkyl halides is 3. The summed E-state index contributed by atoms with van der Waals surface area (Å²) >= 11 is 0. The molecule has 2 aromatic carbocycles. The van der Waals surface area contributed by atoms with Crippen molar-refractivity contribution in [3.8, 4) is 5.75 Å². The highest BCUT2D eigenvalue weighted by Crippen LogP contribution is 2.35. The molecule has 9 heteroatoms. The Balaban J connectivity index is 0.00000240. The summed E-state index contributed by atoms with van der Waals surface area (Å²) in [5, 5.41) is 4.31. The van der Waals surface area contributed by atoms with Gasteiger partial charge in [0.15, 0.2) is 0 Å². The molecule has 0 saturated heterocycles. The van der Waals surface area contributed by atoms with Crippen LogP contribution >= 0.6 is 12.4 Å². The van der Waals surface area contributed by atoms with Crippen molar-refractivity contribution < 1.29 is 22.3 Å². The van der Waals surface area contributed by atoms with Crippen molar-refractivity contribution in [2.45, 2.75) is 37.7 Å². The molecule has 0 bridgehead atoms. The molecule has 1 aromatic heterocycles. The first-order valence-electron chi connectivity index (χ1n) is 8.86. The first kappa shape index (κ1) is 21.3. The molecule has 1 aliphatic carbocycles. The van der Waals surface area contributed by atoms with Crippen LogP contribution in [0.2, 0.25) is 0 Å². The number of ether oxygens (including phenoxy) is 1. The van der Waals surface area contributed by atoms with Gasteiger partial charge >= 0.3 is 6.18 Å². The van der Waals surface area contributed by atoms with E-state index in [1.807, 2.05) is 18.2 Å². The molecule has 1 fully saturated rings. The molecule has 1 N–H and O–H groups in total. The van der Waals surface area contributed by atoms with Crippen LogP contribution in [0.25, 0.3) is 10.9 Å². The number of benzene rings is 2. The number of nitrogens with one attached hydrogen (secondary N) is 1. The molecule has 0 spiro atoms. The van der Waals surface area contributed by atoms with Crippen LogP contribution in [-0.2, 0) is 12.7 Å². The van der Waals surface area contributed by atoms with Gasteiger partial charge in [-0.1, -0.05) is 18.2 Å². The molecule has 4 nitrogen and oxygen atoms in total. The number of fused-ring (bicyclic) bond motifs is 1. The van der Waals surface area contributed by atoms with Gasteiger partial charge in [0.1, 0.15) is 24.0 Å². The number of rotatable bonds is 5. The summed E-state index contributed by atoms with van der Waals surface area (Å²) in [4.78, 5) is 8.31. The predicted octanol–water partition coefficient (Wildman–Crippen LogP) is 4.91. The third-order valence-electron chi connectivity index (χ3n) is 4.91. The second kappa shape index (κ2) is 8.51. The van der Waals surface area contributed by atoms with Crippen molar-refractivity contribution in [2.24, 2.45) is 0 Å². The van der Waals surface area contributed by atoms with E-state index in [0.29, 0.717) is 19.0 Å². The monoisotopic (exact) mass is 427 g/mol. The fourth-order valence-corrected chi connectivity index (χ4v) is 3.27. The standard InChI is InChI=1S/C20H17F4N3O.ClH/c21-16-5-4-14(8-15(16)20(22,23)24)28-18-7-6-17(18)26-10-13-3-1-2-12-9-25-11-27-19(12)13;/h1-5,8-9,11,17-18,26H,6-7,10H2;1H/t17-,18-;/m1./s1. The second-order valence-corrected chi connectivity index (χ2v) is 6.74. The summed E-state index contributed by atoms with van der Waals surface area (Å²) in [6.45, 7) is 0.552. The van der Waals surface area contributed by atoms with E-state index in [1.165, 1.54) is 12.4 Å². The average molecular weight is 428 g/mol. The third kappa shape index (κ3) is 4.59. The molecule has 1 saturated carbocycles. The Kier molecular flexibility index (Phi) is 6.24. The maximum absolute atomic E-state index is 13.4. The van der Waals surface area contributed by atoms with Crippen LogP contribution in [0.4, 0.5) is 17.6 Å². The van der Waals surface area contributed by atoms with Gasteiger partial charge in [0, 0.05) is 24.2 Å². The van der Waals surface area contributed by atoms with E-state index >= 15 is 0 Å². The van der Waals surface area contributed by atoms with Crippen LogP contribution in [0.3, 0.4) is 0 Å². The zero-order valence-electron chi connectivity index (χ0n) is 15.1. The summed E-state index contributed by atoms with van der Waals surface area (Å²) < 4.78 is 57.7. The Hall–Kier alpha value is -2.45. The van der Waals surface area contributed by atoms with Gasteiger partial charge < -0.3 is 10.1 Å². The highest BCUT2D eigenvalue weighted by Gasteiger charge is 2.36. The summed E-state index contributed by atoms with van der Waals surface area (Å²) in [6.07, 6.45) is -0.221. The molecule has 3 aromatic rings. The van der Waals surface area contributed by atoms with Crippen molar-refractivity contribution in [1.82, 2.24) is 15.3 Å². The average Bonchev–Trinajstić information content (AvgIpc) is 2.66. The molecule has 0 aliphatic heterocycles. The summed E-state index contributed by atoms with van der Waals surface area (Å²) in [5.41, 5.74) is 0.547. The highest BCUT2D eigenvalue weighted by atomic mass is 35.5. The van der Waals surface area contributed by atoms with Crippen molar-refractivity contribution in [2.75, 3.05) is 0 Å². The maximum atomic E-state index is 13.4. The van der Waals surface area contributed by atoms with Crippen molar-refractivity contribution in [3.05, 3.63) is 65.9 Å². The van der Waals surface area contributed by atoms with Crippen LogP contribution in [0, 0.1) is 5.82 Å². The molecule has 1 aliphatic rings. The first-order valence-corrected chi connectivity index (χ1v) is 8.86. The molecular formula is C20H18ClF4N3O. The van der Waals surface area contributed by atoms with E-state index in [2.05, 4.69) is 15.3 Å². The SMILES string of the molecule is Cl.Fc1ccc(O[C@@H]2CC[C@H]2NCc2cccc3cncnc23)cc1C(F)(F)F. The van der Waals surface area contributed by atoms with E-state index in [9.17, 15) is 17.6 Å². The number of halogens is 5. The molecule has 4 rings (SSSR count). The van der Waals surface area contributed by atoms with Crippen LogP contribution in [0.15, 0.2) is 48.9 Å². The Morgan fingerprint density at radius 1 is 1.14 bits per heavy atom. The number of aromatic nitrogens is 2. The summed E-state index contributed by atoms with van der Waals surface area (Å²) in [7, 11) is 0. The minimum Gasteiger partial charge on any atom is -0.489 e. The van der Waals surface area contributed by atoms with Gasteiger partial charge in [-0.3, -0.25) is 0 Å². The van der Waals surface area contributed by atoms with Gasteiger partial charge in [-0.05, 0) is 36.6 Å². The van der Waals surface area contributed by atoms with E-state index in [0.717, 1.165) is 29.0 Å². The molecular weight excluding hydrogens is 410 g/mol. The normalized spacial score (nSPS) is 18.8. The van der Waals surface area contributed by atoms with Crippen molar-refractivity contribution >= 4 is 23.3 Å². The zero-order chi connectivity index (χ0) is 19.7. The van der Waals surface area contributed by atoms with E-state index < -0.39 is 17.6 Å². The lowest BCUT2D eigenvalue weighted by atomic mass is 9.88. The van der Waals surface area contributed by atoms with Crippen LogP contribution in [0.1, 0.15) is 24.0 Å². The molecule has 2 atom stereocenters. The van der Waals surface area contributed by atoms with E-state index in [4.69, 9.17) is 4.74 Å². The van der Waals surface area contributed by atoms with Crippen LogP contribution < -0.4 is 10.1 Å². The minimum atomic E-state index is -4.75. The number of hydrogen-bond donors (Lipinski definition) is 1. The van der Waals surface area contributed by atoms with Gasteiger partial charge in [-0.2, -0.15) is 13.2 Å². The quantitative estimate of drug-likeness (QED) is 0.588. The second-order valence-electron chi connectivity index (χ2n) is 6.74. The van der Waals surface area contributed by atoms with Crippen LogP contribution in [0.5, 0.6) is 5.75 Å².